The molecule has 0 spiro atoms. The van der Waals surface area contributed by atoms with Crippen LogP contribution < -0.4 is 14.8 Å². The van der Waals surface area contributed by atoms with Crippen molar-refractivity contribution in [3.05, 3.63) is 95.8 Å². The Labute approximate surface area is 204 Å². The summed E-state index contributed by atoms with van der Waals surface area (Å²) in [6.45, 7) is 1.25. The highest BCUT2D eigenvalue weighted by Gasteiger charge is 2.13. The van der Waals surface area contributed by atoms with Crippen LogP contribution in [0.2, 0.25) is 0 Å². The largest absolute Gasteiger partial charge is 0.497 e. The number of carbonyl (C=O) groups excluding carboxylic acids is 1. The van der Waals surface area contributed by atoms with Gasteiger partial charge in [0.1, 0.15) is 11.5 Å². The van der Waals surface area contributed by atoms with Crippen LogP contribution in [0.3, 0.4) is 0 Å². The Morgan fingerprint density at radius 2 is 1.63 bits per heavy atom. The molecule has 0 radical (unpaired) electrons. The lowest BCUT2D eigenvalue weighted by Gasteiger charge is -2.10. The van der Waals surface area contributed by atoms with Crippen molar-refractivity contribution < 1.29 is 14.3 Å². The second-order valence-corrected chi connectivity index (χ2v) is 8.66. The molecule has 2 heterocycles. The topological polar surface area (TPSA) is 68.3 Å². The smallest absolute Gasteiger partial charge is 0.224 e. The number of hydrogen-bond donors (Lipinski definition) is 2. The number of benzene rings is 3. The molecule has 0 atom stereocenters. The van der Waals surface area contributed by atoms with Gasteiger partial charge < -0.3 is 24.3 Å². The predicted molar refractivity (Wildman–Crippen MR) is 139 cm³/mol. The fourth-order valence-corrected chi connectivity index (χ4v) is 4.66. The highest BCUT2D eigenvalue weighted by molar-refractivity contribution is 5.89. The van der Waals surface area contributed by atoms with Crippen molar-refractivity contribution in [3.63, 3.8) is 0 Å². The number of nitrogens with one attached hydrogen (secondary N) is 2. The standard InChI is InChI=1S/C29H29N3O3/c1-34-23-13-20(14-24(16-23)35-2)18-32-19-22(26-8-4-6-10-28(26)32)15-29(33)30-12-11-21-17-31-27-9-5-3-7-25(21)27/h3-10,13-14,16-17,19,31H,11-12,15,18H2,1-2H3,(H,30,33). The number of hydrogen-bond acceptors (Lipinski definition) is 3. The van der Waals surface area contributed by atoms with Gasteiger partial charge in [0.2, 0.25) is 5.91 Å². The van der Waals surface area contributed by atoms with Gasteiger partial charge in [0, 0.05) is 53.4 Å². The van der Waals surface area contributed by atoms with Crippen molar-refractivity contribution in [1.82, 2.24) is 14.9 Å². The van der Waals surface area contributed by atoms with Gasteiger partial charge in [-0.05, 0) is 47.4 Å². The summed E-state index contributed by atoms with van der Waals surface area (Å²) in [4.78, 5) is 16.1. The van der Waals surface area contributed by atoms with Crippen molar-refractivity contribution in [2.24, 2.45) is 0 Å². The zero-order chi connectivity index (χ0) is 24.2. The lowest BCUT2D eigenvalue weighted by atomic mass is 10.1. The molecule has 2 N–H and O–H groups in total. The molecule has 0 saturated heterocycles. The molecule has 178 valence electrons. The zero-order valence-electron chi connectivity index (χ0n) is 20.0. The number of carbonyl (C=O) groups is 1. The molecule has 0 fully saturated rings. The van der Waals surface area contributed by atoms with Crippen LogP contribution in [0.25, 0.3) is 21.8 Å². The van der Waals surface area contributed by atoms with Crippen molar-refractivity contribution in [2.45, 2.75) is 19.4 Å². The first-order valence-corrected chi connectivity index (χ1v) is 11.7. The molecule has 6 heteroatoms. The molecule has 35 heavy (non-hydrogen) atoms. The first kappa shape index (κ1) is 22.6. The number of nitrogens with zero attached hydrogens (tertiary/aromatic N) is 1. The van der Waals surface area contributed by atoms with Gasteiger partial charge in [0.25, 0.3) is 0 Å². The molecule has 0 aliphatic rings. The van der Waals surface area contributed by atoms with Crippen LogP contribution in [0.5, 0.6) is 11.5 Å². The molecule has 0 aliphatic carbocycles. The molecular formula is C29H29N3O3. The molecule has 0 saturated carbocycles. The number of para-hydroxylation sites is 2. The Morgan fingerprint density at radius 1 is 0.914 bits per heavy atom. The average molecular weight is 468 g/mol. The van der Waals surface area contributed by atoms with Crippen molar-refractivity contribution in [1.29, 1.82) is 0 Å². The van der Waals surface area contributed by atoms with Crippen molar-refractivity contribution in [3.8, 4) is 11.5 Å². The fraction of sp³-hybridized carbons (Fsp3) is 0.207. The zero-order valence-corrected chi connectivity index (χ0v) is 20.0. The SMILES string of the molecule is COc1cc(Cn2cc(CC(=O)NCCc3c[nH]c4ccccc34)c3ccccc32)cc(OC)c1. The number of aromatic nitrogens is 2. The summed E-state index contributed by atoms with van der Waals surface area (Å²) in [5.74, 6) is 1.53. The number of methoxy groups -OCH3 is 2. The molecule has 0 unspecified atom stereocenters. The lowest BCUT2D eigenvalue weighted by Crippen LogP contribution is -2.27. The first-order valence-electron chi connectivity index (χ1n) is 11.7. The van der Waals surface area contributed by atoms with Crippen LogP contribution in [-0.2, 0) is 24.2 Å². The van der Waals surface area contributed by atoms with Gasteiger partial charge >= 0.3 is 0 Å². The third kappa shape index (κ3) is 4.87. The third-order valence-corrected chi connectivity index (χ3v) is 6.38. The van der Waals surface area contributed by atoms with E-state index in [9.17, 15) is 4.79 Å². The highest BCUT2D eigenvalue weighted by Crippen LogP contribution is 2.27. The van der Waals surface area contributed by atoms with E-state index in [-0.39, 0.29) is 5.91 Å². The van der Waals surface area contributed by atoms with Gasteiger partial charge in [0.15, 0.2) is 0 Å². The monoisotopic (exact) mass is 467 g/mol. The Bertz CT molecular complexity index is 1460. The van der Waals surface area contributed by atoms with Crippen molar-refractivity contribution >= 4 is 27.7 Å². The molecule has 0 aliphatic heterocycles. The maximum absolute atomic E-state index is 12.8. The summed E-state index contributed by atoms with van der Waals surface area (Å²) in [5, 5.41) is 5.39. The summed E-state index contributed by atoms with van der Waals surface area (Å²) >= 11 is 0. The van der Waals surface area contributed by atoms with Gasteiger partial charge in [-0.15, -0.1) is 0 Å². The molecule has 1 amide bonds. The normalized spacial score (nSPS) is 11.1. The first-order chi connectivity index (χ1) is 17.1. The predicted octanol–water partition coefficient (Wildman–Crippen LogP) is 5.09. The van der Waals surface area contributed by atoms with Gasteiger partial charge in [-0.1, -0.05) is 36.4 Å². The van der Waals surface area contributed by atoms with E-state index in [1.54, 1.807) is 14.2 Å². The molecule has 6 nitrogen and oxygen atoms in total. The van der Waals surface area contributed by atoms with E-state index in [0.717, 1.165) is 45.5 Å². The fourth-order valence-electron chi connectivity index (χ4n) is 4.66. The number of rotatable bonds is 9. The van der Waals surface area contributed by atoms with Gasteiger partial charge in [-0.2, -0.15) is 0 Å². The number of amides is 1. The van der Waals surface area contributed by atoms with Gasteiger partial charge in [-0.3, -0.25) is 4.79 Å². The summed E-state index contributed by atoms with van der Waals surface area (Å²) in [6.07, 6.45) is 5.23. The van der Waals surface area contributed by atoms with Gasteiger partial charge in [0.05, 0.1) is 20.6 Å². The molecule has 5 aromatic rings. The molecule has 2 aromatic heterocycles. The maximum atomic E-state index is 12.8. The van der Waals surface area contributed by atoms with Gasteiger partial charge in [-0.25, -0.2) is 0 Å². The Hall–Kier alpha value is -4.19. The van der Waals surface area contributed by atoms with Crippen LogP contribution in [0.15, 0.2) is 79.1 Å². The Morgan fingerprint density at radius 3 is 2.40 bits per heavy atom. The number of fused-ring (bicyclic) bond motifs is 2. The van der Waals surface area contributed by atoms with E-state index < -0.39 is 0 Å². The molecule has 3 aromatic carbocycles. The van der Waals surface area contributed by atoms with Crippen LogP contribution >= 0.6 is 0 Å². The highest BCUT2D eigenvalue weighted by atomic mass is 16.5. The minimum absolute atomic E-state index is 0.0239. The summed E-state index contributed by atoms with van der Waals surface area (Å²) < 4.78 is 13.0. The van der Waals surface area contributed by atoms with Crippen molar-refractivity contribution in [2.75, 3.05) is 20.8 Å². The van der Waals surface area contributed by atoms with E-state index in [0.29, 0.717) is 19.5 Å². The van der Waals surface area contributed by atoms with Crippen LogP contribution in [0.4, 0.5) is 0 Å². The Balaban J connectivity index is 1.29. The minimum atomic E-state index is 0.0239. The number of H-pyrrole nitrogens is 1. The van der Waals surface area contributed by atoms with E-state index in [1.807, 2.05) is 48.7 Å². The second-order valence-electron chi connectivity index (χ2n) is 8.66. The van der Waals surface area contributed by atoms with Crippen LogP contribution in [0, 0.1) is 0 Å². The Kier molecular flexibility index (Phi) is 6.44. The quantitative estimate of drug-likeness (QED) is 0.317. The summed E-state index contributed by atoms with van der Waals surface area (Å²) in [5.41, 5.74) is 5.51. The van der Waals surface area contributed by atoms with E-state index in [4.69, 9.17) is 9.47 Å². The minimum Gasteiger partial charge on any atom is -0.497 e. The second kappa shape index (κ2) is 9.97. The summed E-state index contributed by atoms with van der Waals surface area (Å²) in [6, 6.07) is 22.3. The van der Waals surface area contributed by atoms with E-state index in [1.165, 1.54) is 10.9 Å². The number of ether oxygens (including phenoxy) is 2. The summed E-state index contributed by atoms with van der Waals surface area (Å²) in [7, 11) is 3.30. The lowest BCUT2D eigenvalue weighted by molar-refractivity contribution is -0.120. The van der Waals surface area contributed by atoms with Crippen LogP contribution in [0.1, 0.15) is 16.7 Å². The van der Waals surface area contributed by atoms with E-state index in [2.05, 4.69) is 45.3 Å². The average Bonchev–Trinajstić information content (AvgIpc) is 3.45. The molecule has 5 rings (SSSR count). The molecular weight excluding hydrogens is 438 g/mol. The molecule has 0 bridgehead atoms. The maximum Gasteiger partial charge on any atom is 0.224 e. The number of aromatic amines is 1. The third-order valence-electron chi connectivity index (χ3n) is 6.38. The van der Waals surface area contributed by atoms with Crippen LogP contribution in [-0.4, -0.2) is 36.2 Å². The van der Waals surface area contributed by atoms with E-state index >= 15 is 0 Å².